The van der Waals surface area contributed by atoms with Crippen molar-refractivity contribution in [3.63, 3.8) is 0 Å². The smallest absolute Gasteiger partial charge is 0.267 e. The van der Waals surface area contributed by atoms with Crippen molar-refractivity contribution in [3.8, 4) is 11.3 Å². The predicted octanol–water partition coefficient (Wildman–Crippen LogP) is 3.79. The number of rotatable bonds is 3. The molecule has 0 aliphatic carbocycles. The summed E-state index contributed by atoms with van der Waals surface area (Å²) < 4.78 is 28.2. The average Bonchev–Trinajstić information content (AvgIpc) is 2.62. The van der Waals surface area contributed by atoms with Gasteiger partial charge in [0.2, 0.25) is 0 Å². The Kier molecular flexibility index (Phi) is 4.01. The van der Waals surface area contributed by atoms with Gasteiger partial charge < -0.3 is 0 Å². The number of halogens is 2. The molecule has 26 heavy (non-hydrogen) atoms. The molecule has 0 unspecified atom stereocenters. The second-order valence-electron chi connectivity index (χ2n) is 5.90. The minimum absolute atomic E-state index is 0.245. The summed E-state index contributed by atoms with van der Waals surface area (Å²) in [6.45, 7) is 0.245. The molecular weight excluding hydrogens is 336 g/mol. The van der Waals surface area contributed by atoms with Crippen LogP contribution < -0.4 is 5.56 Å². The molecule has 0 radical (unpaired) electrons. The number of nitrogens with zero attached hydrogens (tertiary/aromatic N) is 3. The van der Waals surface area contributed by atoms with E-state index in [-0.39, 0.29) is 17.7 Å². The second kappa shape index (κ2) is 6.48. The Labute approximate surface area is 147 Å². The zero-order valence-corrected chi connectivity index (χ0v) is 13.6. The standard InChI is InChI=1S/C20H13F2N3O/c21-16-9-15(10-17(22)11-16)19-5-6-20(26)25(24-19)12-13-3-4-18-14(8-13)2-1-7-23-18/h1-11H,12H2. The number of benzene rings is 2. The summed E-state index contributed by atoms with van der Waals surface area (Å²) >= 11 is 0. The van der Waals surface area contributed by atoms with E-state index in [0.717, 1.165) is 22.5 Å². The van der Waals surface area contributed by atoms with Crippen LogP contribution in [-0.4, -0.2) is 14.8 Å². The van der Waals surface area contributed by atoms with E-state index < -0.39 is 11.6 Å². The fourth-order valence-electron chi connectivity index (χ4n) is 2.81. The maximum atomic E-state index is 13.4. The highest BCUT2D eigenvalue weighted by atomic mass is 19.1. The van der Waals surface area contributed by atoms with E-state index >= 15 is 0 Å². The molecule has 0 aliphatic heterocycles. The van der Waals surface area contributed by atoms with Crippen LogP contribution in [0.2, 0.25) is 0 Å². The fourth-order valence-corrected chi connectivity index (χ4v) is 2.81. The van der Waals surface area contributed by atoms with Crippen LogP contribution in [0.25, 0.3) is 22.2 Å². The Balaban J connectivity index is 1.72. The summed E-state index contributed by atoms with van der Waals surface area (Å²) in [4.78, 5) is 16.4. The first-order valence-electron chi connectivity index (χ1n) is 7.97. The lowest BCUT2D eigenvalue weighted by Gasteiger charge is -2.08. The monoisotopic (exact) mass is 349 g/mol. The molecule has 0 aliphatic rings. The van der Waals surface area contributed by atoms with Crippen LogP contribution in [0.5, 0.6) is 0 Å². The van der Waals surface area contributed by atoms with Crippen LogP contribution in [0.1, 0.15) is 5.56 Å². The SMILES string of the molecule is O=c1ccc(-c2cc(F)cc(F)c2)nn1Cc1ccc2ncccc2c1. The molecule has 2 heterocycles. The minimum atomic E-state index is -0.693. The Morgan fingerprint density at radius 3 is 2.54 bits per heavy atom. The van der Waals surface area contributed by atoms with Gasteiger partial charge in [-0.3, -0.25) is 9.78 Å². The van der Waals surface area contributed by atoms with Crippen molar-refractivity contribution >= 4 is 10.9 Å². The molecule has 0 N–H and O–H groups in total. The van der Waals surface area contributed by atoms with Gasteiger partial charge in [0, 0.05) is 29.3 Å². The first-order chi connectivity index (χ1) is 12.6. The van der Waals surface area contributed by atoms with Crippen molar-refractivity contribution < 1.29 is 8.78 Å². The van der Waals surface area contributed by atoms with Crippen LogP contribution in [0.15, 0.2) is 71.7 Å². The lowest BCUT2D eigenvalue weighted by molar-refractivity contribution is 0.583. The quantitative estimate of drug-likeness (QED) is 0.565. The van der Waals surface area contributed by atoms with Crippen molar-refractivity contribution in [1.29, 1.82) is 0 Å². The van der Waals surface area contributed by atoms with E-state index in [1.165, 1.54) is 28.9 Å². The molecule has 0 spiro atoms. The Hall–Kier alpha value is -3.41. The molecule has 4 aromatic rings. The highest BCUT2D eigenvalue weighted by Gasteiger charge is 2.08. The molecule has 0 saturated heterocycles. The third-order valence-corrected chi connectivity index (χ3v) is 4.02. The first kappa shape index (κ1) is 16.1. The van der Waals surface area contributed by atoms with Crippen molar-refractivity contribution in [3.05, 3.63) is 94.4 Å². The van der Waals surface area contributed by atoms with Crippen LogP contribution in [0.4, 0.5) is 8.78 Å². The zero-order valence-electron chi connectivity index (χ0n) is 13.6. The summed E-state index contributed by atoms with van der Waals surface area (Å²) in [5.41, 5.74) is 2.05. The van der Waals surface area contributed by atoms with E-state index in [1.54, 1.807) is 6.20 Å². The van der Waals surface area contributed by atoms with Crippen LogP contribution in [0.3, 0.4) is 0 Å². The average molecular weight is 349 g/mol. The second-order valence-corrected chi connectivity index (χ2v) is 5.90. The van der Waals surface area contributed by atoms with Gasteiger partial charge in [0.1, 0.15) is 11.6 Å². The highest BCUT2D eigenvalue weighted by molar-refractivity contribution is 5.78. The molecule has 0 fully saturated rings. The third-order valence-electron chi connectivity index (χ3n) is 4.02. The number of hydrogen-bond donors (Lipinski definition) is 0. The van der Waals surface area contributed by atoms with Gasteiger partial charge in [0.05, 0.1) is 17.8 Å². The maximum absolute atomic E-state index is 13.4. The number of fused-ring (bicyclic) bond motifs is 1. The molecule has 0 amide bonds. The summed E-state index contributed by atoms with van der Waals surface area (Å²) in [6, 6.07) is 15.4. The summed E-state index contributed by atoms with van der Waals surface area (Å²) in [5.74, 6) is -1.39. The Morgan fingerprint density at radius 2 is 1.73 bits per heavy atom. The molecule has 0 bridgehead atoms. The lowest BCUT2D eigenvalue weighted by atomic mass is 10.1. The van der Waals surface area contributed by atoms with E-state index in [4.69, 9.17) is 0 Å². The van der Waals surface area contributed by atoms with Crippen molar-refractivity contribution in [2.24, 2.45) is 0 Å². The normalized spacial score (nSPS) is 11.0. The van der Waals surface area contributed by atoms with Gasteiger partial charge >= 0.3 is 0 Å². The van der Waals surface area contributed by atoms with Crippen LogP contribution >= 0.6 is 0 Å². The van der Waals surface area contributed by atoms with E-state index in [0.29, 0.717) is 5.69 Å². The van der Waals surface area contributed by atoms with Crippen molar-refractivity contribution in [1.82, 2.24) is 14.8 Å². The van der Waals surface area contributed by atoms with Crippen molar-refractivity contribution in [2.45, 2.75) is 6.54 Å². The molecule has 128 valence electrons. The topological polar surface area (TPSA) is 47.8 Å². The summed E-state index contributed by atoms with van der Waals surface area (Å²) in [7, 11) is 0. The molecule has 0 atom stereocenters. The Morgan fingerprint density at radius 1 is 0.923 bits per heavy atom. The first-order valence-corrected chi connectivity index (χ1v) is 7.97. The zero-order chi connectivity index (χ0) is 18.1. The summed E-state index contributed by atoms with van der Waals surface area (Å²) in [6.07, 6.45) is 1.72. The molecule has 0 saturated carbocycles. The number of aromatic nitrogens is 3. The van der Waals surface area contributed by atoms with Gasteiger partial charge in [-0.1, -0.05) is 12.1 Å². The predicted molar refractivity (Wildman–Crippen MR) is 94.7 cm³/mol. The van der Waals surface area contributed by atoms with Gasteiger partial charge in [-0.05, 0) is 42.0 Å². The molecule has 4 nitrogen and oxygen atoms in total. The third kappa shape index (κ3) is 3.21. The lowest BCUT2D eigenvalue weighted by Crippen LogP contribution is -2.22. The fraction of sp³-hybridized carbons (Fsp3) is 0.0500. The van der Waals surface area contributed by atoms with Crippen LogP contribution in [-0.2, 0) is 6.54 Å². The number of hydrogen-bond acceptors (Lipinski definition) is 3. The summed E-state index contributed by atoms with van der Waals surface area (Å²) in [5, 5.41) is 5.21. The largest absolute Gasteiger partial charge is 0.268 e. The molecular formula is C20H13F2N3O. The van der Waals surface area contributed by atoms with Crippen molar-refractivity contribution in [2.75, 3.05) is 0 Å². The van der Waals surface area contributed by atoms with Crippen LogP contribution in [0, 0.1) is 11.6 Å². The molecule has 6 heteroatoms. The van der Waals surface area contributed by atoms with E-state index in [1.807, 2.05) is 30.3 Å². The Bertz CT molecular complexity index is 1150. The van der Waals surface area contributed by atoms with Gasteiger partial charge in [-0.2, -0.15) is 5.10 Å². The van der Waals surface area contributed by atoms with E-state index in [2.05, 4.69) is 10.1 Å². The molecule has 4 rings (SSSR count). The highest BCUT2D eigenvalue weighted by Crippen LogP contribution is 2.19. The number of pyridine rings is 1. The van der Waals surface area contributed by atoms with E-state index in [9.17, 15) is 13.6 Å². The van der Waals surface area contributed by atoms with Gasteiger partial charge in [-0.15, -0.1) is 0 Å². The van der Waals surface area contributed by atoms with Gasteiger partial charge in [0.15, 0.2) is 0 Å². The maximum Gasteiger partial charge on any atom is 0.267 e. The molecule has 2 aromatic carbocycles. The van der Waals surface area contributed by atoms with Gasteiger partial charge in [0.25, 0.3) is 5.56 Å². The molecule has 2 aromatic heterocycles. The van der Waals surface area contributed by atoms with Gasteiger partial charge in [-0.25, -0.2) is 13.5 Å². The minimum Gasteiger partial charge on any atom is -0.268 e.